The highest BCUT2D eigenvalue weighted by Crippen LogP contribution is 2.30. The zero-order chi connectivity index (χ0) is 26.7. The van der Waals surface area contributed by atoms with Gasteiger partial charge in [-0.25, -0.2) is 4.79 Å². The van der Waals surface area contributed by atoms with Crippen molar-refractivity contribution >= 4 is 22.8 Å². The number of amides is 1. The summed E-state index contributed by atoms with van der Waals surface area (Å²) in [5, 5.41) is 8.17. The van der Waals surface area contributed by atoms with E-state index in [1.165, 1.54) is 19.2 Å². The third-order valence-corrected chi connectivity index (χ3v) is 6.23. The number of benzene rings is 3. The summed E-state index contributed by atoms with van der Waals surface area (Å²) in [5.74, 6) is -0.818. The zero-order valence-electron chi connectivity index (χ0n) is 20.6. The Bertz CT molecular complexity index is 1430. The molecule has 9 heteroatoms. The van der Waals surface area contributed by atoms with E-state index in [-0.39, 0.29) is 17.6 Å². The van der Waals surface area contributed by atoms with Gasteiger partial charge in [-0.05, 0) is 67.3 Å². The molecule has 192 valence electrons. The first-order valence-electron chi connectivity index (χ1n) is 11.8. The number of carbonyl (C=O) groups is 2. The van der Waals surface area contributed by atoms with Gasteiger partial charge in [0.05, 0.1) is 29.8 Å². The summed E-state index contributed by atoms with van der Waals surface area (Å²) in [7, 11) is 1.31. The Morgan fingerprint density at radius 1 is 1.03 bits per heavy atom. The Kier molecular flexibility index (Phi) is 7.33. The highest BCUT2D eigenvalue weighted by atomic mass is 19.4. The number of hydrogen-bond acceptors (Lipinski definition) is 4. The second-order valence-electron chi connectivity index (χ2n) is 8.66. The van der Waals surface area contributed by atoms with Crippen LogP contribution in [0.15, 0.2) is 66.7 Å². The maximum absolute atomic E-state index is 13.4. The van der Waals surface area contributed by atoms with Crippen molar-refractivity contribution in [2.24, 2.45) is 0 Å². The number of hydrogen-bond donors (Lipinski definition) is 1. The van der Waals surface area contributed by atoms with Gasteiger partial charge in [0.15, 0.2) is 5.69 Å². The van der Waals surface area contributed by atoms with Crippen LogP contribution in [0.4, 0.5) is 13.2 Å². The van der Waals surface area contributed by atoms with E-state index < -0.39 is 17.7 Å². The molecule has 1 N–H and O–H groups in total. The fourth-order valence-corrected chi connectivity index (χ4v) is 4.25. The predicted octanol–water partition coefficient (Wildman–Crippen LogP) is 5.94. The van der Waals surface area contributed by atoms with Crippen molar-refractivity contribution in [1.29, 1.82) is 0 Å². The summed E-state index contributed by atoms with van der Waals surface area (Å²) in [5.41, 5.74) is 2.99. The van der Waals surface area contributed by atoms with E-state index in [4.69, 9.17) is 4.74 Å². The summed E-state index contributed by atoms with van der Waals surface area (Å²) >= 11 is 0. The zero-order valence-corrected chi connectivity index (χ0v) is 20.6. The lowest BCUT2D eigenvalue weighted by Gasteiger charge is -2.14. The molecule has 0 aliphatic carbocycles. The first kappa shape index (κ1) is 25.9. The normalized spacial score (nSPS) is 12.4. The topological polar surface area (TPSA) is 73.2 Å². The predicted molar refractivity (Wildman–Crippen MR) is 133 cm³/mol. The molecule has 3 aromatic carbocycles. The van der Waals surface area contributed by atoms with Gasteiger partial charge in [-0.15, -0.1) is 0 Å². The second kappa shape index (κ2) is 10.5. The third-order valence-electron chi connectivity index (χ3n) is 6.23. The highest BCUT2D eigenvalue weighted by Gasteiger charge is 2.30. The Hall–Kier alpha value is -4.14. The van der Waals surface area contributed by atoms with Gasteiger partial charge in [-0.3, -0.25) is 9.48 Å². The van der Waals surface area contributed by atoms with Crippen molar-refractivity contribution in [3.63, 3.8) is 0 Å². The van der Waals surface area contributed by atoms with Gasteiger partial charge in [0.2, 0.25) is 0 Å². The number of fused-ring (bicyclic) bond motifs is 1. The van der Waals surface area contributed by atoms with E-state index in [1.54, 1.807) is 28.9 Å². The summed E-state index contributed by atoms with van der Waals surface area (Å²) in [4.78, 5) is 25.1. The molecular formula is C28H26F3N3O3. The molecule has 0 radical (unpaired) electrons. The van der Waals surface area contributed by atoms with Crippen molar-refractivity contribution in [2.45, 2.75) is 39.0 Å². The number of esters is 1. The molecule has 0 aliphatic rings. The van der Waals surface area contributed by atoms with Gasteiger partial charge in [0.25, 0.3) is 5.91 Å². The molecule has 0 saturated heterocycles. The van der Waals surface area contributed by atoms with E-state index in [9.17, 15) is 22.8 Å². The summed E-state index contributed by atoms with van der Waals surface area (Å²) < 4.78 is 45.3. The van der Waals surface area contributed by atoms with Crippen molar-refractivity contribution < 1.29 is 27.5 Å². The fraction of sp³-hybridized carbons (Fsp3) is 0.250. The number of nitrogens with one attached hydrogen (secondary N) is 1. The number of methoxy groups -OCH3 is 1. The van der Waals surface area contributed by atoms with Crippen LogP contribution in [-0.4, -0.2) is 28.8 Å². The van der Waals surface area contributed by atoms with Crippen molar-refractivity contribution in [2.75, 3.05) is 7.11 Å². The molecule has 0 unspecified atom stereocenters. The van der Waals surface area contributed by atoms with Crippen LogP contribution in [0.3, 0.4) is 0 Å². The molecule has 0 aliphatic heterocycles. The molecule has 4 aromatic rings. The SMILES string of the molecule is CCn1nc(C(=O)N[C@@H](C)c2ccc(C(=O)OC)cc2)c2c(Cc3ccc(C(F)(F)F)cc3)cccc21. The van der Waals surface area contributed by atoms with Crippen LogP contribution in [-0.2, 0) is 23.9 Å². The Morgan fingerprint density at radius 2 is 1.70 bits per heavy atom. The highest BCUT2D eigenvalue weighted by molar-refractivity contribution is 6.06. The average molecular weight is 510 g/mol. The van der Waals surface area contributed by atoms with Crippen LogP contribution < -0.4 is 5.32 Å². The van der Waals surface area contributed by atoms with E-state index in [2.05, 4.69) is 10.4 Å². The molecule has 37 heavy (non-hydrogen) atoms. The van der Waals surface area contributed by atoms with Crippen molar-refractivity contribution in [1.82, 2.24) is 15.1 Å². The summed E-state index contributed by atoms with van der Waals surface area (Å²) in [6.45, 7) is 4.29. The molecular weight excluding hydrogens is 483 g/mol. The van der Waals surface area contributed by atoms with Gasteiger partial charge in [0.1, 0.15) is 0 Å². The number of nitrogens with zero attached hydrogens (tertiary/aromatic N) is 2. The molecule has 0 fully saturated rings. The quantitative estimate of drug-likeness (QED) is 0.313. The smallest absolute Gasteiger partial charge is 0.416 e. The van der Waals surface area contributed by atoms with Crippen molar-refractivity contribution in [3.05, 3.63) is 100 Å². The number of carbonyl (C=O) groups excluding carboxylic acids is 2. The number of rotatable bonds is 7. The molecule has 1 atom stereocenters. The minimum atomic E-state index is -4.40. The number of alkyl halides is 3. The molecule has 1 aromatic heterocycles. The average Bonchev–Trinajstić information content (AvgIpc) is 3.28. The maximum Gasteiger partial charge on any atom is 0.416 e. The fourth-order valence-electron chi connectivity index (χ4n) is 4.25. The van der Waals surface area contributed by atoms with Crippen molar-refractivity contribution in [3.8, 4) is 0 Å². The van der Waals surface area contributed by atoms with E-state index in [0.717, 1.165) is 28.8 Å². The molecule has 1 amide bonds. The minimum absolute atomic E-state index is 0.248. The summed E-state index contributed by atoms with van der Waals surface area (Å²) in [6.07, 6.45) is -4.06. The van der Waals surface area contributed by atoms with E-state index >= 15 is 0 Å². The number of aromatic nitrogens is 2. The van der Waals surface area contributed by atoms with Gasteiger partial charge in [-0.1, -0.05) is 36.4 Å². The molecule has 0 bridgehead atoms. The molecule has 0 spiro atoms. The monoisotopic (exact) mass is 509 g/mol. The Balaban J connectivity index is 1.63. The minimum Gasteiger partial charge on any atom is -0.465 e. The van der Waals surface area contributed by atoms with Crippen LogP contribution in [0.2, 0.25) is 0 Å². The Labute approximate surface area is 212 Å². The van der Waals surface area contributed by atoms with E-state index in [0.29, 0.717) is 29.5 Å². The standard InChI is InChI=1S/C28H26F3N3O3/c1-4-34-23-7-5-6-21(16-18-8-14-22(15-9-18)28(29,30)31)24(23)25(33-34)26(35)32-17(2)19-10-12-20(13-11-19)27(36)37-3/h5-15,17H,4,16H2,1-3H3,(H,32,35)/t17-/m0/s1. The largest absolute Gasteiger partial charge is 0.465 e. The second-order valence-corrected chi connectivity index (χ2v) is 8.66. The lowest BCUT2D eigenvalue weighted by molar-refractivity contribution is -0.137. The lowest BCUT2D eigenvalue weighted by Crippen LogP contribution is -2.27. The number of ether oxygens (including phenoxy) is 1. The first-order valence-corrected chi connectivity index (χ1v) is 11.8. The Morgan fingerprint density at radius 3 is 2.30 bits per heavy atom. The van der Waals surface area contributed by atoms with Gasteiger partial charge < -0.3 is 10.1 Å². The first-order chi connectivity index (χ1) is 17.6. The number of aryl methyl sites for hydroxylation is 1. The number of halogens is 3. The van der Waals surface area contributed by atoms with Crippen LogP contribution in [0.25, 0.3) is 10.9 Å². The van der Waals surface area contributed by atoms with Crippen LogP contribution in [0.1, 0.15) is 63.0 Å². The van der Waals surface area contributed by atoms with Crippen LogP contribution in [0, 0.1) is 0 Å². The molecule has 6 nitrogen and oxygen atoms in total. The molecule has 0 saturated carbocycles. The molecule has 4 rings (SSSR count). The van der Waals surface area contributed by atoms with Gasteiger partial charge >= 0.3 is 12.1 Å². The lowest BCUT2D eigenvalue weighted by atomic mass is 9.98. The van der Waals surface area contributed by atoms with Gasteiger partial charge in [-0.2, -0.15) is 18.3 Å². The van der Waals surface area contributed by atoms with Crippen LogP contribution in [0.5, 0.6) is 0 Å². The summed E-state index contributed by atoms with van der Waals surface area (Å²) in [6, 6.07) is 17.0. The van der Waals surface area contributed by atoms with E-state index in [1.807, 2.05) is 32.0 Å². The molecule has 1 heterocycles. The maximum atomic E-state index is 13.4. The van der Waals surface area contributed by atoms with Gasteiger partial charge in [0, 0.05) is 11.9 Å². The third kappa shape index (κ3) is 5.50. The van der Waals surface area contributed by atoms with Crippen LogP contribution >= 0.6 is 0 Å².